The van der Waals surface area contributed by atoms with Crippen molar-refractivity contribution >= 4 is 41.3 Å². The number of esters is 2. The van der Waals surface area contributed by atoms with E-state index in [1.54, 1.807) is 30.3 Å². The van der Waals surface area contributed by atoms with Gasteiger partial charge < -0.3 is 19.9 Å². The molecule has 10 heteroatoms. The fourth-order valence-electron chi connectivity index (χ4n) is 3.32. The summed E-state index contributed by atoms with van der Waals surface area (Å²) in [5, 5.41) is 7.47. The van der Waals surface area contributed by atoms with Gasteiger partial charge in [-0.05, 0) is 47.5 Å². The van der Waals surface area contributed by atoms with E-state index in [4.69, 9.17) is 25.4 Å². The van der Waals surface area contributed by atoms with Crippen LogP contribution in [0.2, 0.25) is 0 Å². The number of cyclic esters (lactones) is 1. The van der Waals surface area contributed by atoms with Gasteiger partial charge in [-0.2, -0.15) is 0 Å². The molecule has 1 aliphatic heterocycles. The minimum absolute atomic E-state index is 0.0409. The number of hydrogen-bond acceptors (Lipinski definition) is 8. The number of benzene rings is 2. The van der Waals surface area contributed by atoms with Crippen LogP contribution in [0.5, 0.6) is 0 Å². The summed E-state index contributed by atoms with van der Waals surface area (Å²) in [6.45, 7) is 0.377. The van der Waals surface area contributed by atoms with Crippen LogP contribution in [0.25, 0.3) is 0 Å². The number of amidine groups is 1. The molecule has 33 heavy (non-hydrogen) atoms. The van der Waals surface area contributed by atoms with Gasteiger partial charge in [0.25, 0.3) is 0 Å². The number of nitrogens with two attached hydrogens (primary N) is 1. The van der Waals surface area contributed by atoms with E-state index in [1.165, 1.54) is 30.9 Å². The summed E-state index contributed by atoms with van der Waals surface area (Å²) in [4.78, 5) is 38.2. The first-order valence-corrected chi connectivity index (χ1v) is 11.1. The van der Waals surface area contributed by atoms with E-state index in [9.17, 15) is 14.4 Å². The van der Waals surface area contributed by atoms with E-state index < -0.39 is 6.09 Å². The second-order valence-corrected chi connectivity index (χ2v) is 8.47. The number of nitrogen functional groups attached to an aromatic ring is 1. The molecular weight excluding hydrogens is 446 g/mol. The summed E-state index contributed by atoms with van der Waals surface area (Å²) in [7, 11) is 2.65. The van der Waals surface area contributed by atoms with Crippen LogP contribution in [0.15, 0.2) is 47.4 Å². The average Bonchev–Trinajstić information content (AvgIpc) is 3.17. The van der Waals surface area contributed by atoms with Gasteiger partial charge in [0.1, 0.15) is 11.9 Å². The van der Waals surface area contributed by atoms with Crippen LogP contribution >= 0.6 is 11.8 Å². The second-order valence-electron chi connectivity index (χ2n) is 7.38. The molecule has 2 aromatic rings. The number of methoxy groups -OCH3 is 2. The molecule has 3 N–H and O–H groups in total. The molecule has 174 valence electrons. The van der Waals surface area contributed by atoms with E-state index in [2.05, 4.69) is 0 Å². The normalized spacial score (nSPS) is 15.2. The van der Waals surface area contributed by atoms with Gasteiger partial charge >= 0.3 is 18.0 Å². The fourth-order valence-corrected chi connectivity index (χ4v) is 4.34. The zero-order chi connectivity index (χ0) is 24.0. The maximum absolute atomic E-state index is 12.4. The summed E-state index contributed by atoms with van der Waals surface area (Å²) < 4.78 is 15.0. The van der Waals surface area contributed by atoms with Crippen molar-refractivity contribution in [3.8, 4) is 0 Å². The zero-order valence-corrected chi connectivity index (χ0v) is 19.1. The van der Waals surface area contributed by atoms with Crippen molar-refractivity contribution in [1.82, 2.24) is 0 Å². The first-order valence-electron chi connectivity index (χ1n) is 10.1. The van der Waals surface area contributed by atoms with Crippen LogP contribution in [-0.2, 0) is 36.6 Å². The molecule has 0 aliphatic carbocycles. The van der Waals surface area contributed by atoms with Gasteiger partial charge in [0.05, 0.1) is 33.6 Å². The fraction of sp³-hybridized carbons (Fsp3) is 0.304. The summed E-state index contributed by atoms with van der Waals surface area (Å²) in [6.07, 6.45) is -0.617. The van der Waals surface area contributed by atoms with E-state index in [0.29, 0.717) is 23.5 Å². The number of anilines is 1. The van der Waals surface area contributed by atoms with Crippen molar-refractivity contribution in [2.75, 3.05) is 31.4 Å². The molecule has 1 heterocycles. The Kier molecular flexibility index (Phi) is 7.94. The van der Waals surface area contributed by atoms with Gasteiger partial charge in [-0.1, -0.05) is 6.07 Å². The van der Waals surface area contributed by atoms with Gasteiger partial charge in [-0.15, -0.1) is 11.8 Å². The number of carbonyl (C=O) groups excluding carboxylic acids is 3. The molecule has 0 bridgehead atoms. The molecule has 1 unspecified atom stereocenters. The molecule has 1 aliphatic rings. The lowest BCUT2D eigenvalue weighted by Gasteiger charge is -2.13. The number of amides is 1. The van der Waals surface area contributed by atoms with Crippen LogP contribution in [0.3, 0.4) is 0 Å². The Labute approximate surface area is 195 Å². The van der Waals surface area contributed by atoms with Crippen LogP contribution in [-0.4, -0.2) is 56.5 Å². The Hall–Kier alpha value is -3.53. The zero-order valence-electron chi connectivity index (χ0n) is 18.3. The maximum Gasteiger partial charge on any atom is 0.414 e. The Morgan fingerprint density at radius 3 is 2.18 bits per heavy atom. The van der Waals surface area contributed by atoms with Gasteiger partial charge in [-0.25, -0.2) is 4.79 Å². The predicted octanol–water partition coefficient (Wildman–Crippen LogP) is 2.52. The highest BCUT2D eigenvalue weighted by Crippen LogP contribution is 2.28. The third kappa shape index (κ3) is 6.48. The molecule has 0 radical (unpaired) electrons. The molecule has 1 amide bonds. The first kappa shape index (κ1) is 24.1. The standard InChI is InChI=1S/C23H25N3O6S/c1-30-20(27)10-14-7-15(11-21(28)31-2)9-19(8-14)33-13-18-12-26(23(29)32-18)17-5-3-16(4-6-17)22(24)25/h3-9,18H,10-13H2,1-2H3,(H3,24,25). The van der Waals surface area contributed by atoms with Crippen molar-refractivity contribution in [1.29, 1.82) is 5.41 Å². The highest BCUT2D eigenvalue weighted by molar-refractivity contribution is 7.99. The number of nitrogens with zero attached hydrogens (tertiary/aromatic N) is 1. The van der Waals surface area contributed by atoms with E-state index in [0.717, 1.165) is 16.0 Å². The van der Waals surface area contributed by atoms with Crippen LogP contribution in [0.1, 0.15) is 16.7 Å². The molecule has 0 spiro atoms. The minimum Gasteiger partial charge on any atom is -0.469 e. The highest BCUT2D eigenvalue weighted by Gasteiger charge is 2.32. The van der Waals surface area contributed by atoms with Crippen LogP contribution in [0, 0.1) is 5.41 Å². The monoisotopic (exact) mass is 471 g/mol. The molecule has 1 saturated heterocycles. The number of hydrogen-bond donors (Lipinski definition) is 2. The molecular formula is C23H25N3O6S. The van der Waals surface area contributed by atoms with Gasteiger partial charge in [0.2, 0.25) is 0 Å². The Morgan fingerprint density at radius 1 is 1.09 bits per heavy atom. The topological polar surface area (TPSA) is 132 Å². The third-order valence-electron chi connectivity index (χ3n) is 4.98. The van der Waals surface area contributed by atoms with Crippen molar-refractivity contribution in [2.24, 2.45) is 5.73 Å². The number of carbonyl (C=O) groups is 3. The van der Waals surface area contributed by atoms with Gasteiger partial charge in [0, 0.05) is 21.9 Å². The molecule has 1 atom stereocenters. The minimum atomic E-state index is -0.443. The highest BCUT2D eigenvalue weighted by atomic mass is 32.2. The number of thioether (sulfide) groups is 1. The lowest BCUT2D eigenvalue weighted by atomic mass is 10.1. The van der Waals surface area contributed by atoms with Crippen molar-refractivity contribution in [3.63, 3.8) is 0 Å². The molecule has 3 rings (SSSR count). The molecule has 0 aromatic heterocycles. The van der Waals surface area contributed by atoms with Crippen molar-refractivity contribution in [2.45, 2.75) is 23.8 Å². The molecule has 2 aromatic carbocycles. The van der Waals surface area contributed by atoms with E-state index >= 15 is 0 Å². The summed E-state index contributed by atoms with van der Waals surface area (Å²) in [6, 6.07) is 12.3. The van der Waals surface area contributed by atoms with Gasteiger partial charge in [-0.3, -0.25) is 19.9 Å². The predicted molar refractivity (Wildman–Crippen MR) is 124 cm³/mol. The smallest absolute Gasteiger partial charge is 0.414 e. The van der Waals surface area contributed by atoms with E-state index in [1.807, 2.05) is 12.1 Å². The summed E-state index contributed by atoms with van der Waals surface area (Å²) in [5.74, 6) is -0.303. The number of ether oxygens (including phenoxy) is 3. The lowest BCUT2D eigenvalue weighted by Crippen LogP contribution is -2.25. The Balaban J connectivity index is 1.68. The molecule has 1 fully saturated rings. The SMILES string of the molecule is COC(=O)Cc1cc(CC(=O)OC)cc(SCC2CN(c3ccc(C(=N)N)cc3)C(=O)O2)c1. The Bertz CT molecular complexity index is 1020. The van der Waals surface area contributed by atoms with Crippen molar-refractivity contribution < 1.29 is 28.6 Å². The molecule has 0 saturated carbocycles. The first-order chi connectivity index (χ1) is 15.8. The maximum atomic E-state index is 12.4. The average molecular weight is 472 g/mol. The molecule has 9 nitrogen and oxygen atoms in total. The van der Waals surface area contributed by atoms with E-state index in [-0.39, 0.29) is 36.7 Å². The summed E-state index contributed by atoms with van der Waals surface area (Å²) in [5.41, 5.74) is 8.16. The van der Waals surface area contributed by atoms with Gasteiger partial charge in [0.15, 0.2) is 0 Å². The quantitative estimate of drug-likeness (QED) is 0.187. The van der Waals surface area contributed by atoms with Crippen LogP contribution < -0.4 is 10.6 Å². The lowest BCUT2D eigenvalue weighted by molar-refractivity contribution is -0.140. The van der Waals surface area contributed by atoms with Crippen LogP contribution in [0.4, 0.5) is 10.5 Å². The largest absolute Gasteiger partial charge is 0.469 e. The van der Waals surface area contributed by atoms with Crippen molar-refractivity contribution in [3.05, 3.63) is 59.2 Å². The number of nitrogens with one attached hydrogen (secondary N) is 1. The summed E-state index contributed by atoms with van der Waals surface area (Å²) >= 11 is 1.47. The Morgan fingerprint density at radius 2 is 1.67 bits per heavy atom. The number of rotatable bonds is 9. The third-order valence-corrected chi connectivity index (χ3v) is 6.09. The second kappa shape index (κ2) is 10.9.